The first kappa shape index (κ1) is 13.6. The predicted octanol–water partition coefficient (Wildman–Crippen LogP) is 1.29. The Kier molecular flexibility index (Phi) is 4.31. The lowest BCUT2D eigenvalue weighted by Gasteiger charge is -2.29. The number of amides is 1. The van der Waals surface area contributed by atoms with Gasteiger partial charge in [-0.3, -0.25) is 4.79 Å². The standard InChI is InChI=1S/C12H22N2OS2/c1-12(2)8-14(3)6-10(12)13-11(15)9-7-16-4-5-17-9/h9-10H,4-8H2,1-3H3,(H,13,15). The molecule has 0 aliphatic carbocycles. The van der Waals surface area contributed by atoms with Crippen LogP contribution in [0.3, 0.4) is 0 Å². The number of carbonyl (C=O) groups is 1. The number of likely N-dealkylation sites (tertiary alicyclic amines) is 1. The molecule has 5 heteroatoms. The monoisotopic (exact) mass is 274 g/mol. The van der Waals surface area contributed by atoms with Crippen LogP contribution < -0.4 is 5.32 Å². The summed E-state index contributed by atoms with van der Waals surface area (Å²) in [5.74, 6) is 3.51. The van der Waals surface area contributed by atoms with E-state index in [2.05, 4.69) is 31.1 Å². The van der Waals surface area contributed by atoms with Crippen LogP contribution in [0.4, 0.5) is 0 Å². The van der Waals surface area contributed by atoms with Gasteiger partial charge in [0.25, 0.3) is 0 Å². The van der Waals surface area contributed by atoms with Crippen LogP contribution >= 0.6 is 23.5 Å². The summed E-state index contributed by atoms with van der Waals surface area (Å²) in [6.45, 7) is 6.52. The topological polar surface area (TPSA) is 32.3 Å². The molecule has 17 heavy (non-hydrogen) atoms. The van der Waals surface area contributed by atoms with Crippen LogP contribution in [0.25, 0.3) is 0 Å². The van der Waals surface area contributed by atoms with Crippen LogP contribution in [0.15, 0.2) is 0 Å². The van der Waals surface area contributed by atoms with Gasteiger partial charge in [0.15, 0.2) is 0 Å². The number of nitrogens with zero attached hydrogens (tertiary/aromatic N) is 1. The molecular formula is C12H22N2OS2. The van der Waals surface area contributed by atoms with Crippen LogP contribution in [-0.2, 0) is 4.79 Å². The van der Waals surface area contributed by atoms with Crippen LogP contribution in [0.1, 0.15) is 13.8 Å². The zero-order valence-corrected chi connectivity index (χ0v) is 12.5. The van der Waals surface area contributed by atoms with Crippen molar-refractivity contribution in [2.45, 2.75) is 25.1 Å². The first-order valence-electron chi connectivity index (χ1n) is 6.17. The number of hydrogen-bond acceptors (Lipinski definition) is 4. The molecule has 2 atom stereocenters. The van der Waals surface area contributed by atoms with Gasteiger partial charge in [-0.1, -0.05) is 13.8 Å². The van der Waals surface area contributed by atoms with Crippen LogP contribution in [0, 0.1) is 5.41 Å². The van der Waals surface area contributed by atoms with Crippen molar-refractivity contribution in [2.75, 3.05) is 37.4 Å². The van der Waals surface area contributed by atoms with Gasteiger partial charge in [0.2, 0.25) is 5.91 Å². The normalized spacial score (nSPS) is 33.6. The molecule has 2 aliphatic heterocycles. The molecule has 2 saturated heterocycles. The van der Waals surface area contributed by atoms with E-state index in [1.807, 2.05) is 23.5 Å². The van der Waals surface area contributed by atoms with E-state index in [4.69, 9.17) is 0 Å². The molecule has 0 aromatic rings. The van der Waals surface area contributed by atoms with Gasteiger partial charge in [0.05, 0.1) is 5.25 Å². The number of nitrogens with one attached hydrogen (secondary N) is 1. The fraction of sp³-hybridized carbons (Fsp3) is 0.917. The Morgan fingerprint density at radius 3 is 2.71 bits per heavy atom. The average molecular weight is 274 g/mol. The van der Waals surface area contributed by atoms with Crippen molar-refractivity contribution in [3.63, 3.8) is 0 Å². The van der Waals surface area contributed by atoms with E-state index in [1.165, 1.54) is 5.75 Å². The minimum Gasteiger partial charge on any atom is -0.351 e. The summed E-state index contributed by atoms with van der Waals surface area (Å²) in [6, 6.07) is 0.299. The molecule has 0 bridgehead atoms. The highest BCUT2D eigenvalue weighted by Crippen LogP contribution is 2.30. The highest BCUT2D eigenvalue weighted by atomic mass is 32.2. The summed E-state index contributed by atoms with van der Waals surface area (Å²) in [5.41, 5.74) is 0.191. The van der Waals surface area contributed by atoms with Gasteiger partial charge in [-0.15, -0.1) is 11.8 Å². The van der Waals surface area contributed by atoms with Gasteiger partial charge in [0, 0.05) is 36.4 Å². The lowest BCUT2D eigenvalue weighted by atomic mass is 9.88. The zero-order chi connectivity index (χ0) is 12.5. The molecule has 1 N–H and O–H groups in total. The van der Waals surface area contributed by atoms with E-state index < -0.39 is 0 Å². The lowest BCUT2D eigenvalue weighted by molar-refractivity contribution is -0.121. The molecule has 0 aromatic heterocycles. The minimum absolute atomic E-state index is 0.162. The van der Waals surface area contributed by atoms with E-state index >= 15 is 0 Å². The van der Waals surface area contributed by atoms with Crippen molar-refractivity contribution in [3.05, 3.63) is 0 Å². The maximum absolute atomic E-state index is 12.2. The molecule has 2 heterocycles. The van der Waals surface area contributed by atoms with E-state index in [-0.39, 0.29) is 16.6 Å². The van der Waals surface area contributed by atoms with Crippen molar-refractivity contribution in [1.29, 1.82) is 0 Å². The summed E-state index contributed by atoms with van der Waals surface area (Å²) >= 11 is 3.71. The van der Waals surface area contributed by atoms with Crippen LogP contribution in [-0.4, -0.2) is 59.5 Å². The van der Waals surface area contributed by atoms with Gasteiger partial charge in [0.1, 0.15) is 0 Å². The van der Waals surface area contributed by atoms with Gasteiger partial charge >= 0.3 is 0 Å². The number of hydrogen-bond donors (Lipinski definition) is 1. The average Bonchev–Trinajstić information content (AvgIpc) is 2.53. The zero-order valence-electron chi connectivity index (χ0n) is 10.9. The number of thioether (sulfide) groups is 2. The van der Waals surface area contributed by atoms with Crippen molar-refractivity contribution in [1.82, 2.24) is 10.2 Å². The highest BCUT2D eigenvalue weighted by Gasteiger charge is 2.39. The first-order valence-corrected chi connectivity index (χ1v) is 8.38. The number of carbonyl (C=O) groups excluding carboxylic acids is 1. The first-order chi connectivity index (χ1) is 7.99. The molecule has 0 saturated carbocycles. The van der Waals surface area contributed by atoms with E-state index in [1.54, 1.807) is 0 Å². The fourth-order valence-corrected chi connectivity index (χ4v) is 5.14. The molecule has 1 amide bonds. The molecule has 0 radical (unpaired) electrons. The van der Waals surface area contributed by atoms with Gasteiger partial charge < -0.3 is 10.2 Å². The molecule has 98 valence electrons. The Labute approximate surface area is 112 Å². The third-order valence-electron chi connectivity index (χ3n) is 3.54. The smallest absolute Gasteiger partial charge is 0.234 e. The van der Waals surface area contributed by atoms with Crippen molar-refractivity contribution in [2.24, 2.45) is 5.41 Å². The summed E-state index contributed by atoms with van der Waals surface area (Å²) in [7, 11) is 2.12. The second kappa shape index (κ2) is 5.41. The maximum atomic E-state index is 12.2. The number of likely N-dealkylation sites (N-methyl/N-ethyl adjacent to an activating group) is 1. The predicted molar refractivity (Wildman–Crippen MR) is 76.8 cm³/mol. The van der Waals surface area contributed by atoms with E-state index in [9.17, 15) is 4.79 Å². The third-order valence-corrected chi connectivity index (χ3v) is 6.29. The lowest BCUT2D eigenvalue weighted by Crippen LogP contribution is -2.48. The Morgan fingerprint density at radius 1 is 1.41 bits per heavy atom. The molecular weight excluding hydrogens is 252 g/mol. The summed E-state index contributed by atoms with van der Waals surface area (Å²) in [4.78, 5) is 14.5. The summed E-state index contributed by atoms with van der Waals surface area (Å²) in [5, 5.41) is 3.42. The van der Waals surface area contributed by atoms with Crippen LogP contribution in [0.5, 0.6) is 0 Å². The molecule has 2 fully saturated rings. The van der Waals surface area contributed by atoms with Crippen molar-refractivity contribution in [3.8, 4) is 0 Å². The Morgan fingerprint density at radius 2 is 2.18 bits per heavy atom. The molecule has 2 unspecified atom stereocenters. The second-order valence-corrected chi connectivity index (χ2v) is 8.14. The summed E-state index contributed by atoms with van der Waals surface area (Å²) < 4.78 is 0. The third kappa shape index (κ3) is 3.32. The van der Waals surface area contributed by atoms with Crippen molar-refractivity contribution < 1.29 is 4.79 Å². The van der Waals surface area contributed by atoms with E-state index in [0.717, 1.165) is 24.6 Å². The highest BCUT2D eigenvalue weighted by molar-refractivity contribution is 8.07. The SMILES string of the molecule is CN1CC(NC(=O)C2CSCCS2)C(C)(C)C1. The molecule has 3 nitrogen and oxygen atoms in total. The number of rotatable bonds is 2. The minimum atomic E-state index is 0.162. The van der Waals surface area contributed by atoms with Gasteiger partial charge in [-0.25, -0.2) is 0 Å². The van der Waals surface area contributed by atoms with Crippen LogP contribution in [0.2, 0.25) is 0 Å². The molecule has 2 aliphatic rings. The molecule has 2 rings (SSSR count). The van der Waals surface area contributed by atoms with Crippen molar-refractivity contribution >= 4 is 29.4 Å². The van der Waals surface area contributed by atoms with E-state index in [0.29, 0.717) is 6.04 Å². The Bertz CT molecular complexity index is 290. The summed E-state index contributed by atoms with van der Waals surface area (Å²) in [6.07, 6.45) is 0. The molecule has 0 aromatic carbocycles. The largest absolute Gasteiger partial charge is 0.351 e. The molecule has 0 spiro atoms. The Hall–Kier alpha value is 0.130. The maximum Gasteiger partial charge on any atom is 0.234 e. The Balaban J connectivity index is 1.89. The second-order valence-electron chi connectivity index (χ2n) is 5.68. The van der Waals surface area contributed by atoms with Gasteiger partial charge in [-0.2, -0.15) is 11.8 Å². The van der Waals surface area contributed by atoms with Gasteiger partial charge in [-0.05, 0) is 12.5 Å². The quantitative estimate of drug-likeness (QED) is 0.822. The fourth-order valence-electron chi connectivity index (χ4n) is 2.57.